The summed E-state index contributed by atoms with van der Waals surface area (Å²) in [7, 11) is 7.14. The summed E-state index contributed by atoms with van der Waals surface area (Å²) in [6, 6.07) is 0. The zero-order valence-electron chi connectivity index (χ0n) is 4.68. The molecule has 0 aromatic carbocycles. The molecule has 0 bridgehead atoms. The Morgan fingerprint density at radius 1 is 1.38 bits per heavy atom. The lowest BCUT2D eigenvalue weighted by atomic mass is 9.83. The molecule has 0 atom stereocenters. The van der Waals surface area contributed by atoms with Crippen LogP contribution in [0.1, 0.15) is 0 Å². The highest BCUT2D eigenvalue weighted by Gasteiger charge is 2.10. The predicted octanol–water partition coefficient (Wildman–Crippen LogP) is -2.78. The molecule has 7 heteroatoms. The van der Waals surface area contributed by atoms with Crippen molar-refractivity contribution < 1.29 is 0 Å². The molecule has 8 heavy (non-hydrogen) atoms. The second-order valence-electron chi connectivity index (χ2n) is 1.37. The Morgan fingerprint density at radius 3 is 2.38 bits per heavy atom. The highest BCUT2D eigenvalue weighted by molar-refractivity contribution is 6.65. The zero-order chi connectivity index (χ0) is 5.82. The third-order valence-corrected chi connectivity index (χ3v) is 0.852. The number of hydrazine groups is 1. The van der Waals surface area contributed by atoms with Gasteiger partial charge in [0.05, 0.1) is 0 Å². The van der Waals surface area contributed by atoms with Crippen LogP contribution >= 0.6 is 0 Å². The molecule has 1 fully saturated rings. The van der Waals surface area contributed by atoms with E-state index in [1.54, 1.807) is 27.5 Å². The monoisotopic (exact) mass is 107 g/mol. The minimum Gasteiger partial charge on any atom is -0.378 e. The molecular weight excluding hydrogens is 100 g/mol. The first-order valence-electron chi connectivity index (χ1n) is 2.39. The molecule has 0 aliphatic carbocycles. The zero-order valence-corrected chi connectivity index (χ0v) is 4.68. The van der Waals surface area contributed by atoms with Crippen molar-refractivity contribution in [3.63, 3.8) is 0 Å². The van der Waals surface area contributed by atoms with Crippen LogP contribution in [0.15, 0.2) is 0 Å². The van der Waals surface area contributed by atoms with Gasteiger partial charge in [0.1, 0.15) is 0 Å². The second kappa shape index (κ2) is 3.14. The topological polar surface area (TPSA) is 39.3 Å². The Labute approximate surface area is 51.2 Å². The van der Waals surface area contributed by atoms with Gasteiger partial charge in [0.25, 0.3) is 7.55 Å². The number of nitrogens with one attached hydrogen (secondary N) is 3. The van der Waals surface area contributed by atoms with Crippen molar-refractivity contribution in [2.45, 2.75) is 0 Å². The number of hydrogen-bond acceptors (Lipinski definition) is 4. The molecule has 0 saturated carbocycles. The first-order valence-corrected chi connectivity index (χ1v) is 2.39. The van der Waals surface area contributed by atoms with E-state index in [1.165, 1.54) is 0 Å². The van der Waals surface area contributed by atoms with E-state index in [-0.39, 0.29) is 0 Å². The van der Waals surface area contributed by atoms with Crippen molar-refractivity contribution in [1.82, 2.24) is 20.5 Å². The summed E-state index contributed by atoms with van der Waals surface area (Å²) in [5, 5.41) is 5.71. The first kappa shape index (κ1) is 6.16. The van der Waals surface area contributed by atoms with Gasteiger partial charge in [0.2, 0.25) is 0 Å². The van der Waals surface area contributed by atoms with Crippen LogP contribution < -0.4 is 15.7 Å². The molecule has 0 spiro atoms. The SMILES string of the molecule is CNN1[B]N[B]N[B]1. The maximum atomic E-state index is 2.88. The average molecular weight is 107 g/mol. The van der Waals surface area contributed by atoms with Crippen LogP contribution in [-0.4, -0.2) is 34.5 Å². The van der Waals surface area contributed by atoms with E-state index in [1.807, 2.05) is 7.05 Å². The van der Waals surface area contributed by atoms with Gasteiger partial charge in [-0.1, -0.05) is 0 Å². The smallest absolute Gasteiger partial charge is 0.302 e. The molecule has 4 nitrogen and oxygen atoms in total. The van der Waals surface area contributed by atoms with Gasteiger partial charge in [-0.05, 0) is 7.05 Å². The van der Waals surface area contributed by atoms with E-state index >= 15 is 0 Å². The van der Waals surface area contributed by atoms with Gasteiger partial charge in [-0.25, -0.2) is 0 Å². The van der Waals surface area contributed by atoms with Crippen molar-refractivity contribution in [2.24, 2.45) is 0 Å². The Hall–Kier alpha value is 0.0348. The standard InChI is InChI=1S/CH6B3N4/c1-5-8-3-6-2-7-4-8/h5-7H,1H3. The fourth-order valence-corrected chi connectivity index (χ4v) is 0.450. The molecule has 39 valence electrons. The van der Waals surface area contributed by atoms with Crippen molar-refractivity contribution in [1.29, 1.82) is 0 Å². The Balaban J connectivity index is 2.13. The van der Waals surface area contributed by atoms with E-state index < -0.39 is 0 Å². The maximum Gasteiger partial charge on any atom is 0.302 e. The van der Waals surface area contributed by atoms with E-state index in [2.05, 4.69) is 15.7 Å². The number of nitrogens with zero attached hydrogens (tertiary/aromatic N) is 1. The van der Waals surface area contributed by atoms with Gasteiger partial charge in [-0.15, -0.1) is 0 Å². The van der Waals surface area contributed by atoms with Gasteiger partial charge in [0.15, 0.2) is 0 Å². The summed E-state index contributed by atoms with van der Waals surface area (Å²) in [4.78, 5) is 1.76. The molecule has 1 rings (SSSR count). The first-order chi connectivity index (χ1) is 3.93. The minimum atomic E-state index is 1.73. The third-order valence-electron chi connectivity index (χ3n) is 0.852. The molecule has 1 aliphatic heterocycles. The number of rotatable bonds is 1. The van der Waals surface area contributed by atoms with Crippen LogP contribution in [0, 0.1) is 0 Å². The van der Waals surface area contributed by atoms with Crippen molar-refractivity contribution in [2.75, 3.05) is 7.05 Å². The van der Waals surface area contributed by atoms with Gasteiger partial charge >= 0.3 is 15.1 Å². The lowest BCUT2D eigenvalue weighted by molar-refractivity contribution is 0.540. The Bertz CT molecular complexity index is 62.3. The third kappa shape index (κ3) is 1.52. The summed E-state index contributed by atoms with van der Waals surface area (Å²) in [5.41, 5.74) is 2.88. The van der Waals surface area contributed by atoms with E-state index in [4.69, 9.17) is 0 Å². The second-order valence-corrected chi connectivity index (χ2v) is 1.37. The van der Waals surface area contributed by atoms with Crippen LogP contribution in [0.2, 0.25) is 0 Å². The van der Waals surface area contributed by atoms with Crippen LogP contribution in [0.3, 0.4) is 0 Å². The van der Waals surface area contributed by atoms with Crippen LogP contribution in [-0.2, 0) is 0 Å². The summed E-state index contributed by atoms with van der Waals surface area (Å²) in [6.45, 7) is 0. The van der Waals surface area contributed by atoms with Crippen molar-refractivity contribution in [3.8, 4) is 0 Å². The van der Waals surface area contributed by atoms with E-state index in [0.717, 1.165) is 0 Å². The van der Waals surface area contributed by atoms with Crippen LogP contribution in [0.4, 0.5) is 0 Å². The summed E-state index contributed by atoms with van der Waals surface area (Å²) in [5.74, 6) is 0. The van der Waals surface area contributed by atoms with Gasteiger partial charge in [-0.3, -0.25) is 5.43 Å². The molecule has 3 N–H and O–H groups in total. The lowest BCUT2D eigenvalue weighted by Gasteiger charge is -2.23. The molecule has 0 unspecified atom stereocenters. The van der Waals surface area contributed by atoms with Gasteiger partial charge < -0.3 is 15.1 Å². The largest absolute Gasteiger partial charge is 0.378 e. The molecule has 1 aliphatic rings. The van der Waals surface area contributed by atoms with Crippen molar-refractivity contribution >= 4 is 22.6 Å². The molecule has 1 saturated heterocycles. The molecule has 1 heterocycles. The normalized spacial score (nSPS) is 20.6. The number of hydrogen-bond donors (Lipinski definition) is 3. The molecule has 0 amide bonds. The Morgan fingerprint density at radius 2 is 2.00 bits per heavy atom. The minimum absolute atomic E-state index is 1.73. The molecule has 0 aromatic rings. The average Bonchev–Trinajstić information content (AvgIpc) is 1.90. The lowest BCUT2D eigenvalue weighted by Crippen LogP contribution is -2.61. The van der Waals surface area contributed by atoms with Gasteiger partial charge in [0, 0.05) is 0 Å². The van der Waals surface area contributed by atoms with Crippen LogP contribution in [0.5, 0.6) is 0 Å². The Kier molecular flexibility index (Phi) is 2.42. The van der Waals surface area contributed by atoms with Crippen LogP contribution in [0.25, 0.3) is 0 Å². The quantitative estimate of drug-likeness (QED) is 0.316. The van der Waals surface area contributed by atoms with Crippen molar-refractivity contribution in [3.05, 3.63) is 0 Å². The van der Waals surface area contributed by atoms with E-state index in [9.17, 15) is 0 Å². The summed E-state index contributed by atoms with van der Waals surface area (Å²) in [6.07, 6.45) is 0. The highest BCUT2D eigenvalue weighted by atomic mass is 15.4. The van der Waals surface area contributed by atoms with E-state index in [0.29, 0.717) is 0 Å². The maximum absolute atomic E-state index is 2.88. The predicted molar refractivity (Wildman–Crippen MR) is 34.4 cm³/mol. The molecule has 3 radical (unpaired) electrons. The molecular formula is CH6B3N4. The highest BCUT2D eigenvalue weighted by Crippen LogP contribution is 1.69. The summed E-state index contributed by atoms with van der Waals surface area (Å²) >= 11 is 0. The fraction of sp³-hybridized carbons (Fsp3) is 1.00. The fourth-order valence-electron chi connectivity index (χ4n) is 0.450. The van der Waals surface area contributed by atoms with Gasteiger partial charge in [-0.2, -0.15) is 0 Å². The molecule has 0 aromatic heterocycles. The summed E-state index contributed by atoms with van der Waals surface area (Å²) < 4.78 is 0.